The molecule has 2 heterocycles. The van der Waals surface area contributed by atoms with Crippen LogP contribution in [-0.2, 0) is 0 Å². The van der Waals surface area contributed by atoms with Crippen LogP contribution in [0.1, 0.15) is 5.69 Å². The Labute approximate surface area is 115 Å². The van der Waals surface area contributed by atoms with E-state index >= 15 is 0 Å². The van der Waals surface area contributed by atoms with Gasteiger partial charge in [-0.1, -0.05) is 18.2 Å². The molecule has 0 fully saturated rings. The van der Waals surface area contributed by atoms with Gasteiger partial charge in [0.25, 0.3) is 0 Å². The Morgan fingerprint density at radius 1 is 0.947 bits per heavy atom. The fourth-order valence-corrected chi connectivity index (χ4v) is 2.64. The normalized spacial score (nSPS) is 10.6. The van der Waals surface area contributed by atoms with E-state index < -0.39 is 0 Å². The van der Waals surface area contributed by atoms with Crippen LogP contribution in [0.4, 0.5) is 5.69 Å². The lowest BCUT2D eigenvalue weighted by molar-refractivity contribution is 1.19. The molecule has 4 heteroatoms. The zero-order valence-electron chi connectivity index (χ0n) is 10.5. The third-order valence-corrected chi connectivity index (χ3v) is 3.68. The Morgan fingerprint density at radius 3 is 2.47 bits per heavy atom. The van der Waals surface area contributed by atoms with Gasteiger partial charge >= 0.3 is 0 Å². The SMILES string of the molecule is Cc1cccc(-c2nc(-c3ccc(N)cc3)cs2)n1. The molecule has 0 aliphatic carbocycles. The van der Waals surface area contributed by atoms with Crippen LogP contribution in [0.3, 0.4) is 0 Å². The summed E-state index contributed by atoms with van der Waals surface area (Å²) < 4.78 is 0. The number of rotatable bonds is 2. The molecular formula is C15H13N3S. The number of aryl methyl sites for hydroxylation is 1. The van der Waals surface area contributed by atoms with E-state index in [4.69, 9.17) is 5.73 Å². The van der Waals surface area contributed by atoms with Crippen molar-refractivity contribution in [3.05, 3.63) is 53.5 Å². The lowest BCUT2D eigenvalue weighted by atomic mass is 10.1. The van der Waals surface area contributed by atoms with E-state index in [1.54, 1.807) is 11.3 Å². The van der Waals surface area contributed by atoms with Crippen molar-refractivity contribution in [1.29, 1.82) is 0 Å². The minimum Gasteiger partial charge on any atom is -0.399 e. The van der Waals surface area contributed by atoms with Crippen LogP contribution >= 0.6 is 11.3 Å². The predicted octanol–water partition coefficient (Wildman–Crippen LogP) is 3.76. The molecule has 0 amide bonds. The molecule has 2 aromatic heterocycles. The van der Waals surface area contributed by atoms with Gasteiger partial charge in [-0.15, -0.1) is 11.3 Å². The van der Waals surface area contributed by atoms with Gasteiger partial charge in [0.1, 0.15) is 5.01 Å². The smallest absolute Gasteiger partial charge is 0.142 e. The van der Waals surface area contributed by atoms with E-state index in [-0.39, 0.29) is 0 Å². The van der Waals surface area contributed by atoms with Crippen molar-refractivity contribution in [2.75, 3.05) is 5.73 Å². The molecule has 2 N–H and O–H groups in total. The number of hydrogen-bond acceptors (Lipinski definition) is 4. The molecule has 0 bridgehead atoms. The van der Waals surface area contributed by atoms with E-state index in [1.165, 1.54) is 0 Å². The molecule has 0 saturated heterocycles. The van der Waals surface area contributed by atoms with Crippen molar-refractivity contribution >= 4 is 17.0 Å². The van der Waals surface area contributed by atoms with E-state index in [2.05, 4.69) is 9.97 Å². The molecule has 0 atom stereocenters. The molecule has 0 unspecified atom stereocenters. The molecule has 3 rings (SSSR count). The Bertz CT molecular complexity index is 701. The fourth-order valence-electron chi connectivity index (χ4n) is 1.84. The van der Waals surface area contributed by atoms with Crippen molar-refractivity contribution in [2.24, 2.45) is 0 Å². The summed E-state index contributed by atoms with van der Waals surface area (Å²) in [5.74, 6) is 0. The van der Waals surface area contributed by atoms with E-state index in [1.807, 2.05) is 54.8 Å². The van der Waals surface area contributed by atoms with Crippen LogP contribution in [0.25, 0.3) is 22.0 Å². The number of nitrogen functional groups attached to an aromatic ring is 1. The molecule has 0 aliphatic heterocycles. The Balaban J connectivity index is 1.97. The number of thiazole rings is 1. The van der Waals surface area contributed by atoms with Crippen LogP contribution in [-0.4, -0.2) is 9.97 Å². The molecule has 3 nitrogen and oxygen atoms in total. The van der Waals surface area contributed by atoms with Gasteiger partial charge in [-0.05, 0) is 31.2 Å². The van der Waals surface area contributed by atoms with Gasteiger partial charge in [-0.2, -0.15) is 0 Å². The average molecular weight is 267 g/mol. The molecule has 0 saturated carbocycles. The monoisotopic (exact) mass is 267 g/mol. The molecule has 0 spiro atoms. The fraction of sp³-hybridized carbons (Fsp3) is 0.0667. The number of pyridine rings is 1. The molecule has 1 aromatic carbocycles. The molecule has 0 aliphatic rings. The summed E-state index contributed by atoms with van der Waals surface area (Å²) in [5, 5.41) is 2.99. The maximum absolute atomic E-state index is 5.69. The van der Waals surface area contributed by atoms with Gasteiger partial charge in [-0.25, -0.2) is 4.98 Å². The number of hydrogen-bond donors (Lipinski definition) is 1. The van der Waals surface area contributed by atoms with Gasteiger partial charge in [-0.3, -0.25) is 4.98 Å². The summed E-state index contributed by atoms with van der Waals surface area (Å²) in [5.41, 5.74) is 10.4. The Morgan fingerprint density at radius 2 is 1.74 bits per heavy atom. The first-order valence-electron chi connectivity index (χ1n) is 5.98. The van der Waals surface area contributed by atoms with Crippen LogP contribution in [0.15, 0.2) is 47.8 Å². The maximum Gasteiger partial charge on any atom is 0.142 e. The minimum absolute atomic E-state index is 0.763. The lowest BCUT2D eigenvalue weighted by Gasteiger charge is -1.98. The predicted molar refractivity (Wildman–Crippen MR) is 79.9 cm³/mol. The number of benzene rings is 1. The van der Waals surface area contributed by atoms with Gasteiger partial charge in [0.05, 0.1) is 11.4 Å². The summed E-state index contributed by atoms with van der Waals surface area (Å²) in [6, 6.07) is 13.7. The van der Waals surface area contributed by atoms with Crippen LogP contribution < -0.4 is 5.73 Å². The molecule has 0 radical (unpaired) electrons. The van der Waals surface area contributed by atoms with Gasteiger partial charge < -0.3 is 5.73 Å². The van der Waals surface area contributed by atoms with Crippen molar-refractivity contribution < 1.29 is 0 Å². The second-order valence-corrected chi connectivity index (χ2v) is 5.18. The molecular weight excluding hydrogens is 254 g/mol. The number of nitrogens with zero attached hydrogens (tertiary/aromatic N) is 2. The Hall–Kier alpha value is -2.20. The zero-order valence-corrected chi connectivity index (χ0v) is 11.3. The zero-order chi connectivity index (χ0) is 13.2. The minimum atomic E-state index is 0.763. The highest BCUT2D eigenvalue weighted by molar-refractivity contribution is 7.13. The van der Waals surface area contributed by atoms with Gasteiger partial charge in [0.2, 0.25) is 0 Å². The summed E-state index contributed by atoms with van der Waals surface area (Å²) in [6.45, 7) is 1.98. The van der Waals surface area contributed by atoms with Crippen LogP contribution in [0, 0.1) is 6.92 Å². The van der Waals surface area contributed by atoms with E-state index in [9.17, 15) is 0 Å². The second kappa shape index (κ2) is 4.82. The highest BCUT2D eigenvalue weighted by Crippen LogP contribution is 2.28. The van der Waals surface area contributed by atoms with E-state index in [0.29, 0.717) is 0 Å². The van der Waals surface area contributed by atoms with Crippen molar-refractivity contribution in [2.45, 2.75) is 6.92 Å². The molecule has 19 heavy (non-hydrogen) atoms. The van der Waals surface area contributed by atoms with Crippen LogP contribution in [0.5, 0.6) is 0 Å². The highest BCUT2D eigenvalue weighted by Gasteiger charge is 2.07. The topological polar surface area (TPSA) is 51.8 Å². The van der Waals surface area contributed by atoms with Crippen molar-refractivity contribution in [3.8, 4) is 22.0 Å². The summed E-state index contributed by atoms with van der Waals surface area (Å²) in [7, 11) is 0. The molecule has 3 aromatic rings. The maximum atomic E-state index is 5.69. The molecule has 94 valence electrons. The third-order valence-electron chi connectivity index (χ3n) is 2.82. The summed E-state index contributed by atoms with van der Waals surface area (Å²) in [4.78, 5) is 9.13. The average Bonchev–Trinajstić information content (AvgIpc) is 2.89. The standard InChI is InChI=1S/C15H13N3S/c1-10-3-2-4-13(17-10)15-18-14(9-19-15)11-5-7-12(16)8-6-11/h2-9H,16H2,1H3. The summed E-state index contributed by atoms with van der Waals surface area (Å²) in [6.07, 6.45) is 0. The van der Waals surface area contributed by atoms with Gasteiger partial charge in [0, 0.05) is 22.3 Å². The second-order valence-electron chi connectivity index (χ2n) is 4.32. The Kier molecular flexibility index (Phi) is 3.01. The number of aromatic nitrogens is 2. The number of nitrogens with two attached hydrogens (primary N) is 1. The first-order chi connectivity index (χ1) is 9.22. The van der Waals surface area contributed by atoms with Crippen molar-refractivity contribution in [3.63, 3.8) is 0 Å². The quantitative estimate of drug-likeness (QED) is 0.719. The number of anilines is 1. The highest BCUT2D eigenvalue weighted by atomic mass is 32.1. The van der Waals surface area contributed by atoms with Crippen molar-refractivity contribution in [1.82, 2.24) is 9.97 Å². The largest absolute Gasteiger partial charge is 0.399 e. The first-order valence-corrected chi connectivity index (χ1v) is 6.86. The van der Waals surface area contributed by atoms with E-state index in [0.717, 1.165) is 33.3 Å². The summed E-state index contributed by atoms with van der Waals surface area (Å²) >= 11 is 1.61. The lowest BCUT2D eigenvalue weighted by Crippen LogP contribution is -1.86. The van der Waals surface area contributed by atoms with Gasteiger partial charge in [0.15, 0.2) is 0 Å². The first kappa shape index (κ1) is 11.9. The van der Waals surface area contributed by atoms with Crippen LogP contribution in [0.2, 0.25) is 0 Å². The third kappa shape index (κ3) is 2.48.